The van der Waals surface area contributed by atoms with Gasteiger partial charge in [0, 0.05) is 19.0 Å². The molecule has 16 heavy (non-hydrogen) atoms. The van der Waals surface area contributed by atoms with Crippen LogP contribution in [0.4, 0.5) is 0 Å². The maximum atomic E-state index is 11.8. The van der Waals surface area contributed by atoms with Gasteiger partial charge in [-0.2, -0.15) is 0 Å². The fourth-order valence-corrected chi connectivity index (χ4v) is 2.42. The van der Waals surface area contributed by atoms with Crippen molar-refractivity contribution >= 4 is 5.91 Å². The zero-order valence-corrected chi connectivity index (χ0v) is 9.86. The quantitative estimate of drug-likeness (QED) is 0.759. The summed E-state index contributed by atoms with van der Waals surface area (Å²) in [6.07, 6.45) is 4.07. The topological polar surface area (TPSA) is 20.3 Å². The van der Waals surface area contributed by atoms with Crippen LogP contribution in [-0.2, 0) is 11.3 Å². The van der Waals surface area contributed by atoms with Gasteiger partial charge in [0.05, 0.1) is 0 Å². The van der Waals surface area contributed by atoms with E-state index in [4.69, 9.17) is 0 Å². The molecule has 1 amide bonds. The summed E-state index contributed by atoms with van der Waals surface area (Å²) in [5.74, 6) is 0.322. The van der Waals surface area contributed by atoms with Gasteiger partial charge in [0.25, 0.3) is 0 Å². The first-order valence-corrected chi connectivity index (χ1v) is 6.14. The first-order chi connectivity index (χ1) is 7.81. The highest BCUT2D eigenvalue weighted by Crippen LogP contribution is 2.24. The Hall–Kier alpha value is -1.31. The average Bonchev–Trinajstić information content (AvgIpc) is 2.64. The molecular formula is C14H19NO. The predicted molar refractivity (Wildman–Crippen MR) is 64.9 cm³/mol. The van der Waals surface area contributed by atoms with Gasteiger partial charge in [-0.15, -0.1) is 0 Å². The molecule has 1 aliphatic rings. The van der Waals surface area contributed by atoms with E-state index in [1.165, 1.54) is 5.56 Å². The SMILES string of the molecule is CCCC1CCC(=O)N1Cc1ccccc1. The zero-order chi connectivity index (χ0) is 11.4. The molecule has 2 nitrogen and oxygen atoms in total. The van der Waals surface area contributed by atoms with Crippen LogP contribution in [0, 0.1) is 0 Å². The van der Waals surface area contributed by atoms with Crippen LogP contribution in [0.3, 0.4) is 0 Å². The van der Waals surface area contributed by atoms with Crippen molar-refractivity contribution in [3.8, 4) is 0 Å². The number of rotatable bonds is 4. The Labute approximate surface area is 97.3 Å². The van der Waals surface area contributed by atoms with Crippen LogP contribution in [0.2, 0.25) is 0 Å². The van der Waals surface area contributed by atoms with Crippen molar-refractivity contribution in [2.24, 2.45) is 0 Å². The minimum absolute atomic E-state index is 0.322. The molecule has 86 valence electrons. The highest BCUT2D eigenvalue weighted by Gasteiger charge is 2.29. The lowest BCUT2D eigenvalue weighted by atomic mass is 10.1. The molecule has 1 unspecified atom stereocenters. The Balaban J connectivity index is 2.04. The fraction of sp³-hybridized carbons (Fsp3) is 0.500. The van der Waals surface area contributed by atoms with Gasteiger partial charge in [-0.1, -0.05) is 43.7 Å². The molecule has 0 saturated carbocycles. The van der Waals surface area contributed by atoms with E-state index in [2.05, 4.69) is 24.0 Å². The molecule has 2 rings (SSSR count). The normalized spacial score (nSPS) is 20.4. The smallest absolute Gasteiger partial charge is 0.223 e. The van der Waals surface area contributed by atoms with Crippen LogP contribution in [0.1, 0.15) is 38.2 Å². The Morgan fingerprint density at radius 3 is 2.75 bits per heavy atom. The fourth-order valence-electron chi connectivity index (χ4n) is 2.42. The van der Waals surface area contributed by atoms with Gasteiger partial charge in [0.15, 0.2) is 0 Å². The number of hydrogen-bond acceptors (Lipinski definition) is 1. The molecule has 1 atom stereocenters. The van der Waals surface area contributed by atoms with Crippen LogP contribution >= 0.6 is 0 Å². The number of carbonyl (C=O) groups excluding carboxylic acids is 1. The number of carbonyl (C=O) groups is 1. The molecule has 0 radical (unpaired) electrons. The van der Waals surface area contributed by atoms with Crippen LogP contribution in [0.25, 0.3) is 0 Å². The summed E-state index contributed by atoms with van der Waals surface area (Å²) < 4.78 is 0. The lowest BCUT2D eigenvalue weighted by molar-refractivity contribution is -0.129. The molecule has 0 bridgehead atoms. The van der Waals surface area contributed by atoms with E-state index in [0.29, 0.717) is 11.9 Å². The molecule has 0 N–H and O–H groups in total. The summed E-state index contributed by atoms with van der Waals surface area (Å²) >= 11 is 0. The second-order valence-corrected chi connectivity index (χ2v) is 4.49. The lowest BCUT2D eigenvalue weighted by Gasteiger charge is -2.24. The summed E-state index contributed by atoms with van der Waals surface area (Å²) in [6.45, 7) is 2.97. The number of nitrogens with zero attached hydrogens (tertiary/aromatic N) is 1. The van der Waals surface area contributed by atoms with E-state index >= 15 is 0 Å². The van der Waals surface area contributed by atoms with Crippen LogP contribution in [-0.4, -0.2) is 16.8 Å². The van der Waals surface area contributed by atoms with E-state index in [-0.39, 0.29) is 0 Å². The van der Waals surface area contributed by atoms with Gasteiger partial charge >= 0.3 is 0 Å². The Bertz CT molecular complexity index is 347. The minimum atomic E-state index is 0.322. The molecule has 2 heteroatoms. The second-order valence-electron chi connectivity index (χ2n) is 4.49. The van der Waals surface area contributed by atoms with Crippen LogP contribution in [0.5, 0.6) is 0 Å². The van der Waals surface area contributed by atoms with Crippen molar-refractivity contribution < 1.29 is 4.79 Å². The van der Waals surface area contributed by atoms with Gasteiger partial charge in [-0.05, 0) is 18.4 Å². The molecule has 1 aliphatic heterocycles. The molecule has 1 heterocycles. The van der Waals surface area contributed by atoms with Crippen LogP contribution in [0.15, 0.2) is 30.3 Å². The van der Waals surface area contributed by atoms with Crippen molar-refractivity contribution in [3.05, 3.63) is 35.9 Å². The monoisotopic (exact) mass is 217 g/mol. The zero-order valence-electron chi connectivity index (χ0n) is 9.86. The third-order valence-electron chi connectivity index (χ3n) is 3.27. The van der Waals surface area contributed by atoms with Gasteiger partial charge in [-0.3, -0.25) is 4.79 Å². The largest absolute Gasteiger partial charge is 0.335 e. The van der Waals surface area contributed by atoms with Crippen molar-refractivity contribution in [2.45, 2.75) is 45.2 Å². The highest BCUT2D eigenvalue weighted by atomic mass is 16.2. The number of benzene rings is 1. The van der Waals surface area contributed by atoms with Gasteiger partial charge in [0.1, 0.15) is 0 Å². The van der Waals surface area contributed by atoms with Gasteiger partial charge < -0.3 is 4.90 Å². The summed E-state index contributed by atoms with van der Waals surface area (Å²) in [5, 5.41) is 0. The van der Waals surface area contributed by atoms with Gasteiger partial charge in [0.2, 0.25) is 5.91 Å². The summed E-state index contributed by atoms with van der Waals surface area (Å²) in [6, 6.07) is 10.7. The average molecular weight is 217 g/mol. The molecular weight excluding hydrogens is 198 g/mol. The highest BCUT2D eigenvalue weighted by molar-refractivity contribution is 5.78. The number of likely N-dealkylation sites (tertiary alicyclic amines) is 1. The Kier molecular flexibility index (Phi) is 3.60. The maximum absolute atomic E-state index is 11.8. The second kappa shape index (κ2) is 5.15. The predicted octanol–water partition coefficient (Wildman–Crippen LogP) is 2.98. The molecule has 1 saturated heterocycles. The third-order valence-corrected chi connectivity index (χ3v) is 3.27. The molecule has 1 fully saturated rings. The first-order valence-electron chi connectivity index (χ1n) is 6.14. The van der Waals surface area contributed by atoms with E-state index in [1.807, 2.05) is 18.2 Å². The van der Waals surface area contributed by atoms with Crippen molar-refractivity contribution in [3.63, 3.8) is 0 Å². The standard InChI is InChI=1S/C14H19NO/c1-2-6-13-9-10-14(16)15(13)11-12-7-4-3-5-8-12/h3-5,7-8,13H,2,6,9-11H2,1H3. The maximum Gasteiger partial charge on any atom is 0.223 e. The summed E-state index contributed by atoms with van der Waals surface area (Å²) in [4.78, 5) is 13.8. The summed E-state index contributed by atoms with van der Waals surface area (Å²) in [5.41, 5.74) is 1.24. The molecule has 1 aromatic carbocycles. The van der Waals surface area contributed by atoms with Crippen molar-refractivity contribution in [1.29, 1.82) is 0 Å². The first kappa shape index (κ1) is 11.2. The van der Waals surface area contributed by atoms with Crippen LogP contribution < -0.4 is 0 Å². The lowest BCUT2D eigenvalue weighted by Crippen LogP contribution is -2.32. The molecule has 0 spiro atoms. The van der Waals surface area contributed by atoms with E-state index < -0.39 is 0 Å². The molecule has 0 aliphatic carbocycles. The molecule has 1 aromatic rings. The van der Waals surface area contributed by atoms with Crippen molar-refractivity contribution in [1.82, 2.24) is 4.90 Å². The van der Waals surface area contributed by atoms with Crippen molar-refractivity contribution in [2.75, 3.05) is 0 Å². The third kappa shape index (κ3) is 2.43. The van der Waals surface area contributed by atoms with E-state index in [9.17, 15) is 4.79 Å². The minimum Gasteiger partial charge on any atom is -0.335 e. The van der Waals surface area contributed by atoms with E-state index in [1.54, 1.807) is 0 Å². The Morgan fingerprint density at radius 1 is 1.31 bits per heavy atom. The molecule has 0 aromatic heterocycles. The number of hydrogen-bond donors (Lipinski definition) is 0. The summed E-state index contributed by atoms with van der Waals surface area (Å²) in [7, 11) is 0. The van der Waals surface area contributed by atoms with E-state index in [0.717, 1.165) is 32.2 Å². The number of amides is 1. The Morgan fingerprint density at radius 2 is 2.06 bits per heavy atom. The van der Waals surface area contributed by atoms with Gasteiger partial charge in [-0.25, -0.2) is 0 Å².